The predicted molar refractivity (Wildman–Crippen MR) is 75.8 cm³/mol. The third kappa shape index (κ3) is 4.00. The van der Waals surface area contributed by atoms with Gasteiger partial charge in [0.1, 0.15) is 0 Å². The zero-order valence-electron chi connectivity index (χ0n) is 11.4. The third-order valence-corrected chi connectivity index (χ3v) is 3.86. The van der Waals surface area contributed by atoms with E-state index in [1.807, 2.05) is 24.3 Å². The fourth-order valence-electron chi connectivity index (χ4n) is 1.99. The van der Waals surface area contributed by atoms with E-state index in [0.29, 0.717) is 6.42 Å². The Bertz CT molecular complexity index is 323. The third-order valence-electron chi connectivity index (χ3n) is 3.86. The Morgan fingerprint density at radius 3 is 2.11 bits per heavy atom. The van der Waals surface area contributed by atoms with Crippen molar-refractivity contribution in [3.63, 3.8) is 0 Å². The number of hydrogen-bond donors (Lipinski definition) is 3. The van der Waals surface area contributed by atoms with Crippen molar-refractivity contribution in [3.05, 3.63) is 29.8 Å². The van der Waals surface area contributed by atoms with Gasteiger partial charge < -0.3 is 15.5 Å². The van der Waals surface area contributed by atoms with Crippen LogP contribution in [0.25, 0.3) is 0 Å². The molecule has 0 saturated carbocycles. The van der Waals surface area contributed by atoms with Crippen molar-refractivity contribution in [2.45, 2.75) is 33.1 Å². The predicted octanol–water partition coefficient (Wildman–Crippen LogP) is 2.43. The van der Waals surface area contributed by atoms with Crippen LogP contribution < -0.4 is 5.32 Å². The lowest BCUT2D eigenvalue weighted by Crippen LogP contribution is -2.32. The lowest BCUT2D eigenvalue weighted by molar-refractivity contribution is 0.127. The van der Waals surface area contributed by atoms with Gasteiger partial charge in [0.05, 0.1) is 6.61 Å². The first-order valence-electron chi connectivity index (χ1n) is 6.74. The maximum absolute atomic E-state index is 9.50. The van der Waals surface area contributed by atoms with Crippen molar-refractivity contribution in [2.24, 2.45) is 5.41 Å². The number of aliphatic hydroxyl groups is 2. The molecule has 3 N–H and O–H groups in total. The highest BCUT2D eigenvalue weighted by atomic mass is 16.3. The molecule has 0 aliphatic heterocycles. The van der Waals surface area contributed by atoms with Gasteiger partial charge in [-0.1, -0.05) is 26.0 Å². The average Bonchev–Trinajstić information content (AvgIpc) is 2.43. The van der Waals surface area contributed by atoms with E-state index in [0.717, 1.165) is 30.6 Å². The van der Waals surface area contributed by atoms with Crippen molar-refractivity contribution in [2.75, 3.05) is 25.1 Å². The Labute approximate surface area is 110 Å². The van der Waals surface area contributed by atoms with Gasteiger partial charge in [0, 0.05) is 24.3 Å². The second-order valence-electron chi connectivity index (χ2n) is 4.89. The summed E-state index contributed by atoms with van der Waals surface area (Å²) in [5.41, 5.74) is 2.18. The molecule has 0 fully saturated rings. The summed E-state index contributed by atoms with van der Waals surface area (Å²) in [6, 6.07) is 8.10. The van der Waals surface area contributed by atoms with E-state index in [1.54, 1.807) is 0 Å². The molecule has 0 aromatic heterocycles. The Kier molecular flexibility index (Phi) is 6.16. The number of rotatable bonds is 8. The molecule has 102 valence electrons. The average molecular weight is 251 g/mol. The van der Waals surface area contributed by atoms with E-state index >= 15 is 0 Å². The summed E-state index contributed by atoms with van der Waals surface area (Å²) in [5, 5.41) is 21.7. The molecule has 3 nitrogen and oxygen atoms in total. The molecule has 0 spiro atoms. The molecule has 0 atom stereocenters. The van der Waals surface area contributed by atoms with Crippen molar-refractivity contribution < 1.29 is 10.2 Å². The minimum atomic E-state index is -0.0240. The topological polar surface area (TPSA) is 52.5 Å². The summed E-state index contributed by atoms with van der Waals surface area (Å²) in [6.07, 6.45) is 2.63. The molecule has 0 radical (unpaired) electrons. The zero-order valence-corrected chi connectivity index (χ0v) is 11.4. The standard InChI is InChI=1S/C15H25NO2/c1-3-15(4-2,12-18)11-16-14-7-5-13(6-8-14)9-10-17/h5-8,16-18H,3-4,9-12H2,1-2H3. The molecule has 0 unspecified atom stereocenters. The molecular formula is C15H25NO2. The Morgan fingerprint density at radius 2 is 1.67 bits per heavy atom. The number of aliphatic hydroxyl groups excluding tert-OH is 2. The monoisotopic (exact) mass is 251 g/mol. The van der Waals surface area contributed by atoms with E-state index in [4.69, 9.17) is 5.11 Å². The highest BCUT2D eigenvalue weighted by molar-refractivity contribution is 5.44. The molecule has 3 heteroatoms. The second kappa shape index (κ2) is 7.39. The second-order valence-corrected chi connectivity index (χ2v) is 4.89. The van der Waals surface area contributed by atoms with E-state index < -0.39 is 0 Å². The fourth-order valence-corrected chi connectivity index (χ4v) is 1.99. The maximum atomic E-state index is 9.50. The van der Waals surface area contributed by atoms with Crippen LogP contribution in [0.2, 0.25) is 0 Å². The molecule has 0 aliphatic rings. The van der Waals surface area contributed by atoms with Crippen LogP contribution in [0.15, 0.2) is 24.3 Å². The van der Waals surface area contributed by atoms with Gasteiger partial charge in [-0.05, 0) is 37.0 Å². The summed E-state index contributed by atoms with van der Waals surface area (Å²) in [5.74, 6) is 0. The first kappa shape index (κ1) is 15.0. The Morgan fingerprint density at radius 1 is 1.06 bits per heavy atom. The van der Waals surface area contributed by atoms with Crippen LogP contribution in [0.3, 0.4) is 0 Å². The van der Waals surface area contributed by atoms with Crippen molar-refractivity contribution in [1.82, 2.24) is 0 Å². The van der Waals surface area contributed by atoms with E-state index in [1.165, 1.54) is 0 Å². The van der Waals surface area contributed by atoms with E-state index in [9.17, 15) is 5.11 Å². The van der Waals surface area contributed by atoms with Gasteiger partial charge in [0.15, 0.2) is 0 Å². The summed E-state index contributed by atoms with van der Waals surface area (Å²) < 4.78 is 0. The highest BCUT2D eigenvalue weighted by Crippen LogP contribution is 2.26. The van der Waals surface area contributed by atoms with Gasteiger partial charge in [0.2, 0.25) is 0 Å². The minimum Gasteiger partial charge on any atom is -0.396 e. The van der Waals surface area contributed by atoms with Crippen molar-refractivity contribution in [3.8, 4) is 0 Å². The lowest BCUT2D eigenvalue weighted by atomic mass is 9.83. The number of anilines is 1. The van der Waals surface area contributed by atoms with Crippen molar-refractivity contribution in [1.29, 1.82) is 0 Å². The van der Waals surface area contributed by atoms with Crippen LogP contribution in [0.1, 0.15) is 32.3 Å². The normalized spacial score (nSPS) is 11.6. The first-order chi connectivity index (χ1) is 8.69. The number of nitrogens with one attached hydrogen (secondary N) is 1. The summed E-state index contributed by atoms with van der Waals surface area (Å²) in [7, 11) is 0. The van der Waals surface area contributed by atoms with Gasteiger partial charge in [0.25, 0.3) is 0 Å². The highest BCUT2D eigenvalue weighted by Gasteiger charge is 2.24. The first-order valence-corrected chi connectivity index (χ1v) is 6.74. The maximum Gasteiger partial charge on any atom is 0.0504 e. The van der Waals surface area contributed by atoms with Gasteiger partial charge in [-0.3, -0.25) is 0 Å². The van der Waals surface area contributed by atoms with E-state index in [2.05, 4.69) is 19.2 Å². The molecule has 18 heavy (non-hydrogen) atoms. The lowest BCUT2D eigenvalue weighted by Gasteiger charge is -2.30. The van der Waals surface area contributed by atoms with Crippen LogP contribution in [0.4, 0.5) is 5.69 Å². The number of hydrogen-bond acceptors (Lipinski definition) is 3. The van der Waals surface area contributed by atoms with Crippen LogP contribution in [0, 0.1) is 5.41 Å². The summed E-state index contributed by atoms with van der Waals surface area (Å²) >= 11 is 0. The van der Waals surface area contributed by atoms with Crippen LogP contribution in [-0.4, -0.2) is 30.0 Å². The SMILES string of the molecule is CCC(CC)(CO)CNc1ccc(CCO)cc1. The molecule has 0 bridgehead atoms. The minimum absolute atomic E-state index is 0.0240. The zero-order chi connectivity index (χ0) is 13.4. The molecule has 0 saturated heterocycles. The fraction of sp³-hybridized carbons (Fsp3) is 0.600. The Balaban J connectivity index is 2.57. The van der Waals surface area contributed by atoms with Crippen LogP contribution in [-0.2, 0) is 6.42 Å². The van der Waals surface area contributed by atoms with Gasteiger partial charge in [-0.2, -0.15) is 0 Å². The quantitative estimate of drug-likeness (QED) is 0.665. The van der Waals surface area contributed by atoms with Crippen LogP contribution >= 0.6 is 0 Å². The van der Waals surface area contributed by atoms with Gasteiger partial charge in [-0.15, -0.1) is 0 Å². The smallest absolute Gasteiger partial charge is 0.0504 e. The Hall–Kier alpha value is -1.06. The van der Waals surface area contributed by atoms with Gasteiger partial charge >= 0.3 is 0 Å². The number of benzene rings is 1. The molecule has 1 aromatic rings. The largest absolute Gasteiger partial charge is 0.396 e. The summed E-state index contributed by atoms with van der Waals surface area (Å²) in [4.78, 5) is 0. The van der Waals surface area contributed by atoms with Crippen LogP contribution in [0.5, 0.6) is 0 Å². The van der Waals surface area contributed by atoms with Crippen molar-refractivity contribution >= 4 is 5.69 Å². The molecule has 0 aliphatic carbocycles. The molecular weight excluding hydrogens is 226 g/mol. The molecule has 0 heterocycles. The molecule has 0 amide bonds. The van der Waals surface area contributed by atoms with E-state index in [-0.39, 0.29) is 18.6 Å². The van der Waals surface area contributed by atoms with Gasteiger partial charge in [-0.25, -0.2) is 0 Å². The molecule has 1 rings (SSSR count). The summed E-state index contributed by atoms with van der Waals surface area (Å²) in [6.45, 7) is 5.43. The molecule has 1 aromatic carbocycles.